The van der Waals surface area contributed by atoms with Crippen LogP contribution in [0.5, 0.6) is 0 Å². The largest absolute Gasteiger partial charge is 0.329 e. The highest BCUT2D eigenvalue weighted by Gasteiger charge is 2.42. The zero-order valence-electron chi connectivity index (χ0n) is 13.4. The van der Waals surface area contributed by atoms with Gasteiger partial charge in [0.15, 0.2) is 0 Å². The van der Waals surface area contributed by atoms with Crippen LogP contribution in [-0.2, 0) is 0 Å². The zero-order valence-corrected chi connectivity index (χ0v) is 13.4. The molecule has 116 valence electrons. The summed E-state index contributed by atoms with van der Waals surface area (Å²) in [6.07, 6.45) is 14.3. The minimum absolute atomic E-state index is 0.369. The predicted octanol–water partition coefficient (Wildman–Crippen LogP) is 3.80. The number of hydrogen-bond acceptors (Lipinski definition) is 2. The second-order valence-corrected chi connectivity index (χ2v) is 7.82. The van der Waals surface area contributed by atoms with Crippen LogP contribution in [0.4, 0.5) is 0 Å². The Labute approximate surface area is 125 Å². The van der Waals surface area contributed by atoms with Crippen molar-refractivity contribution >= 4 is 0 Å². The number of piperidine rings is 1. The van der Waals surface area contributed by atoms with E-state index in [1.165, 1.54) is 77.3 Å². The van der Waals surface area contributed by atoms with Gasteiger partial charge in [-0.25, -0.2) is 0 Å². The standard InChI is InChI=1S/C18H34N2/c1-2-15-7-10-18(14-19,11-8-15)20-12-9-16-5-3-4-6-17(16)13-20/h15-17H,2-14,19H2,1H3. The summed E-state index contributed by atoms with van der Waals surface area (Å²) in [5, 5.41) is 0. The van der Waals surface area contributed by atoms with Gasteiger partial charge in [-0.1, -0.05) is 32.6 Å². The first-order valence-electron chi connectivity index (χ1n) is 9.22. The number of nitrogens with two attached hydrogens (primary N) is 1. The van der Waals surface area contributed by atoms with Gasteiger partial charge in [-0.2, -0.15) is 0 Å². The maximum atomic E-state index is 6.28. The third-order valence-corrected chi connectivity index (χ3v) is 6.96. The van der Waals surface area contributed by atoms with Crippen LogP contribution in [0.1, 0.15) is 71.1 Å². The van der Waals surface area contributed by atoms with Crippen LogP contribution in [0.2, 0.25) is 0 Å². The third kappa shape index (κ3) is 2.78. The molecular weight excluding hydrogens is 244 g/mol. The highest BCUT2D eigenvalue weighted by molar-refractivity contribution is 4.99. The first-order valence-corrected chi connectivity index (χ1v) is 9.22. The Hall–Kier alpha value is -0.0800. The zero-order chi connectivity index (χ0) is 14.0. The van der Waals surface area contributed by atoms with Crippen molar-refractivity contribution in [3.63, 3.8) is 0 Å². The van der Waals surface area contributed by atoms with E-state index in [1.54, 1.807) is 0 Å². The molecule has 3 rings (SSSR count). The maximum Gasteiger partial charge on any atom is 0.0332 e. The molecule has 0 amide bonds. The van der Waals surface area contributed by atoms with E-state index in [4.69, 9.17) is 5.73 Å². The van der Waals surface area contributed by atoms with Gasteiger partial charge in [-0.3, -0.25) is 4.90 Å². The number of nitrogens with zero attached hydrogens (tertiary/aromatic N) is 1. The van der Waals surface area contributed by atoms with E-state index >= 15 is 0 Å². The molecule has 2 saturated carbocycles. The Balaban J connectivity index is 1.64. The van der Waals surface area contributed by atoms with E-state index in [9.17, 15) is 0 Å². The van der Waals surface area contributed by atoms with Crippen molar-refractivity contribution in [2.24, 2.45) is 23.5 Å². The molecule has 3 aliphatic rings. The summed E-state index contributed by atoms with van der Waals surface area (Å²) in [5.74, 6) is 3.01. The first-order chi connectivity index (χ1) is 9.77. The van der Waals surface area contributed by atoms with Crippen LogP contribution < -0.4 is 5.73 Å². The summed E-state index contributed by atoms with van der Waals surface area (Å²) in [4.78, 5) is 2.84. The SMILES string of the molecule is CCC1CCC(CN)(N2CCC3CCCCC3C2)CC1. The Bertz CT molecular complexity index is 307. The van der Waals surface area contributed by atoms with Gasteiger partial charge in [-0.05, 0) is 62.8 Å². The Kier molecular flexibility index (Phi) is 4.72. The summed E-state index contributed by atoms with van der Waals surface area (Å²) in [7, 11) is 0. The minimum Gasteiger partial charge on any atom is -0.329 e. The van der Waals surface area contributed by atoms with Crippen LogP contribution in [0, 0.1) is 17.8 Å². The molecule has 2 aliphatic carbocycles. The lowest BCUT2D eigenvalue weighted by molar-refractivity contribution is -0.0190. The van der Waals surface area contributed by atoms with Gasteiger partial charge in [-0.15, -0.1) is 0 Å². The topological polar surface area (TPSA) is 29.3 Å². The van der Waals surface area contributed by atoms with Crippen LogP contribution in [0.3, 0.4) is 0 Å². The van der Waals surface area contributed by atoms with Gasteiger partial charge in [0.1, 0.15) is 0 Å². The average Bonchev–Trinajstić information content (AvgIpc) is 2.54. The lowest BCUT2D eigenvalue weighted by atomic mass is 9.70. The predicted molar refractivity (Wildman–Crippen MR) is 85.7 cm³/mol. The second kappa shape index (κ2) is 6.36. The van der Waals surface area contributed by atoms with Crippen LogP contribution in [-0.4, -0.2) is 30.1 Å². The molecule has 0 spiro atoms. The van der Waals surface area contributed by atoms with Crippen LogP contribution in [0.15, 0.2) is 0 Å². The molecule has 1 saturated heterocycles. The molecule has 2 unspecified atom stereocenters. The second-order valence-electron chi connectivity index (χ2n) is 7.82. The third-order valence-electron chi connectivity index (χ3n) is 6.96. The molecule has 0 aromatic carbocycles. The van der Waals surface area contributed by atoms with Crippen molar-refractivity contribution in [2.45, 2.75) is 76.7 Å². The normalized spacial score (nSPS) is 43.2. The fourth-order valence-corrected chi connectivity index (χ4v) is 5.30. The van der Waals surface area contributed by atoms with Crippen LogP contribution >= 0.6 is 0 Å². The highest BCUT2D eigenvalue weighted by atomic mass is 15.2. The fourth-order valence-electron chi connectivity index (χ4n) is 5.30. The molecule has 2 nitrogen and oxygen atoms in total. The summed E-state index contributed by atoms with van der Waals surface area (Å²) >= 11 is 0. The van der Waals surface area contributed by atoms with Crippen LogP contribution in [0.25, 0.3) is 0 Å². The summed E-state index contributed by atoms with van der Waals surface area (Å²) in [5.41, 5.74) is 6.65. The van der Waals surface area contributed by atoms with Crippen molar-refractivity contribution in [1.29, 1.82) is 0 Å². The molecule has 1 aliphatic heterocycles. The lowest BCUT2D eigenvalue weighted by Gasteiger charge is -2.53. The number of hydrogen-bond donors (Lipinski definition) is 1. The Morgan fingerprint density at radius 2 is 1.70 bits per heavy atom. The van der Waals surface area contributed by atoms with Gasteiger partial charge < -0.3 is 5.73 Å². The quantitative estimate of drug-likeness (QED) is 0.851. The van der Waals surface area contributed by atoms with E-state index in [-0.39, 0.29) is 0 Å². The van der Waals surface area contributed by atoms with Gasteiger partial charge in [0.2, 0.25) is 0 Å². The van der Waals surface area contributed by atoms with Crippen molar-refractivity contribution in [3.8, 4) is 0 Å². The van der Waals surface area contributed by atoms with Crippen molar-refractivity contribution in [3.05, 3.63) is 0 Å². The monoisotopic (exact) mass is 278 g/mol. The van der Waals surface area contributed by atoms with Crippen molar-refractivity contribution in [2.75, 3.05) is 19.6 Å². The van der Waals surface area contributed by atoms with Gasteiger partial charge in [0, 0.05) is 18.6 Å². The van der Waals surface area contributed by atoms with Gasteiger partial charge >= 0.3 is 0 Å². The minimum atomic E-state index is 0.369. The van der Waals surface area contributed by atoms with Gasteiger partial charge in [0.25, 0.3) is 0 Å². The molecule has 0 aromatic rings. The maximum absolute atomic E-state index is 6.28. The molecule has 2 N–H and O–H groups in total. The van der Waals surface area contributed by atoms with E-state index in [2.05, 4.69) is 11.8 Å². The summed E-state index contributed by atoms with van der Waals surface area (Å²) in [6.45, 7) is 5.93. The van der Waals surface area contributed by atoms with Gasteiger partial charge in [0.05, 0.1) is 0 Å². The average molecular weight is 278 g/mol. The Morgan fingerprint density at radius 1 is 1.00 bits per heavy atom. The van der Waals surface area contributed by atoms with Crippen molar-refractivity contribution in [1.82, 2.24) is 4.90 Å². The van der Waals surface area contributed by atoms with E-state index in [0.717, 1.165) is 24.3 Å². The summed E-state index contributed by atoms with van der Waals surface area (Å²) < 4.78 is 0. The molecule has 0 radical (unpaired) electrons. The molecule has 0 aromatic heterocycles. The highest BCUT2D eigenvalue weighted by Crippen LogP contribution is 2.43. The first kappa shape index (κ1) is 14.8. The number of fused-ring (bicyclic) bond motifs is 1. The van der Waals surface area contributed by atoms with E-state index in [1.807, 2.05) is 0 Å². The van der Waals surface area contributed by atoms with E-state index in [0.29, 0.717) is 5.54 Å². The fraction of sp³-hybridized carbons (Fsp3) is 1.00. The molecular formula is C18H34N2. The van der Waals surface area contributed by atoms with Crippen molar-refractivity contribution < 1.29 is 0 Å². The summed E-state index contributed by atoms with van der Waals surface area (Å²) in [6, 6.07) is 0. The molecule has 2 atom stereocenters. The number of likely N-dealkylation sites (tertiary alicyclic amines) is 1. The smallest absolute Gasteiger partial charge is 0.0332 e. The van der Waals surface area contributed by atoms with E-state index < -0.39 is 0 Å². The molecule has 20 heavy (non-hydrogen) atoms. The molecule has 2 heteroatoms. The molecule has 3 fully saturated rings. The number of rotatable bonds is 3. The molecule has 0 bridgehead atoms. The lowest BCUT2D eigenvalue weighted by Crippen LogP contribution is -2.59. The molecule has 1 heterocycles. The Morgan fingerprint density at radius 3 is 2.35 bits per heavy atom.